The third-order valence-electron chi connectivity index (χ3n) is 3.07. The van der Waals surface area contributed by atoms with Crippen molar-refractivity contribution in [1.29, 1.82) is 0 Å². The van der Waals surface area contributed by atoms with Gasteiger partial charge in [0.1, 0.15) is 11.6 Å². The van der Waals surface area contributed by atoms with Crippen LogP contribution < -0.4 is 10.6 Å². The van der Waals surface area contributed by atoms with Gasteiger partial charge in [0.2, 0.25) is 5.91 Å². The van der Waals surface area contributed by atoms with E-state index in [1.54, 1.807) is 0 Å². The summed E-state index contributed by atoms with van der Waals surface area (Å²) < 4.78 is 26.1. The molecule has 1 aromatic carbocycles. The Morgan fingerprint density at radius 3 is 2.89 bits per heavy atom. The fourth-order valence-corrected chi connectivity index (χ4v) is 2.06. The van der Waals surface area contributed by atoms with E-state index in [1.165, 1.54) is 6.07 Å². The van der Waals surface area contributed by atoms with Crippen LogP contribution in [0.15, 0.2) is 18.2 Å². The van der Waals surface area contributed by atoms with Crippen LogP contribution in [0.2, 0.25) is 0 Å². The average molecular weight is 254 g/mol. The molecule has 0 spiro atoms. The lowest BCUT2D eigenvalue weighted by Gasteiger charge is -2.15. The normalized spacial score (nSPS) is 20.2. The molecule has 2 N–H and O–H groups in total. The molecule has 0 saturated carbocycles. The smallest absolute Gasteiger partial charge is 0.241 e. The minimum atomic E-state index is -0.753. The van der Waals surface area contributed by atoms with E-state index in [0.29, 0.717) is 0 Å². The summed E-state index contributed by atoms with van der Waals surface area (Å²) in [5, 5.41) is 5.62. The molecule has 1 aliphatic heterocycles. The maximum Gasteiger partial charge on any atom is 0.241 e. The quantitative estimate of drug-likeness (QED) is 0.851. The van der Waals surface area contributed by atoms with E-state index in [0.717, 1.165) is 44.4 Å². The van der Waals surface area contributed by atoms with E-state index in [-0.39, 0.29) is 17.6 Å². The van der Waals surface area contributed by atoms with Crippen molar-refractivity contribution in [3.05, 3.63) is 29.8 Å². The molecule has 1 unspecified atom stereocenters. The minimum Gasteiger partial charge on any atom is -0.322 e. The minimum absolute atomic E-state index is 0.0208. The van der Waals surface area contributed by atoms with E-state index in [4.69, 9.17) is 0 Å². The Hall–Kier alpha value is -1.49. The van der Waals surface area contributed by atoms with Gasteiger partial charge in [-0.2, -0.15) is 0 Å². The Labute approximate surface area is 105 Å². The zero-order chi connectivity index (χ0) is 13.0. The molecule has 2 rings (SSSR count). The van der Waals surface area contributed by atoms with Crippen LogP contribution >= 0.6 is 0 Å². The number of amides is 1. The SMILES string of the molecule is O=C(Nc1ccc(F)cc1F)C1CCCCCN1. The summed E-state index contributed by atoms with van der Waals surface area (Å²) in [6.45, 7) is 0.796. The van der Waals surface area contributed by atoms with Crippen molar-refractivity contribution >= 4 is 11.6 Å². The van der Waals surface area contributed by atoms with Crippen LogP contribution in [-0.4, -0.2) is 18.5 Å². The van der Waals surface area contributed by atoms with Crippen molar-refractivity contribution in [2.24, 2.45) is 0 Å². The molecule has 1 aromatic rings. The standard InChI is InChI=1S/C13H16F2N2O/c14-9-5-6-11(10(15)8-9)17-13(18)12-4-2-1-3-7-16-12/h5-6,8,12,16H,1-4,7H2,(H,17,18). The predicted octanol–water partition coefficient (Wildman–Crippen LogP) is 2.44. The first-order valence-corrected chi connectivity index (χ1v) is 6.16. The molecule has 0 aromatic heterocycles. The van der Waals surface area contributed by atoms with Crippen molar-refractivity contribution in [1.82, 2.24) is 5.32 Å². The second kappa shape index (κ2) is 5.91. The molecule has 1 aliphatic rings. The Balaban J connectivity index is 2.01. The van der Waals surface area contributed by atoms with Gasteiger partial charge >= 0.3 is 0 Å². The Morgan fingerprint density at radius 1 is 1.28 bits per heavy atom. The molecule has 1 atom stereocenters. The van der Waals surface area contributed by atoms with Gasteiger partial charge in [-0.15, -0.1) is 0 Å². The Bertz CT molecular complexity index is 429. The van der Waals surface area contributed by atoms with Gasteiger partial charge in [0.25, 0.3) is 0 Å². The monoisotopic (exact) mass is 254 g/mol. The largest absolute Gasteiger partial charge is 0.322 e. The summed E-state index contributed by atoms with van der Waals surface area (Å²) >= 11 is 0. The Kier molecular flexibility index (Phi) is 4.25. The van der Waals surface area contributed by atoms with Crippen molar-refractivity contribution in [2.75, 3.05) is 11.9 Å². The van der Waals surface area contributed by atoms with Crippen molar-refractivity contribution in [2.45, 2.75) is 31.7 Å². The highest BCUT2D eigenvalue weighted by Gasteiger charge is 2.20. The third kappa shape index (κ3) is 3.26. The summed E-state index contributed by atoms with van der Waals surface area (Å²) in [5.74, 6) is -1.67. The van der Waals surface area contributed by atoms with Crippen molar-refractivity contribution in [3.8, 4) is 0 Å². The summed E-state index contributed by atoms with van der Waals surface area (Å²) in [6.07, 6.45) is 3.88. The highest BCUT2D eigenvalue weighted by molar-refractivity contribution is 5.94. The van der Waals surface area contributed by atoms with Crippen LogP contribution in [0.4, 0.5) is 14.5 Å². The lowest BCUT2D eigenvalue weighted by Crippen LogP contribution is -2.40. The van der Waals surface area contributed by atoms with E-state index in [2.05, 4.69) is 10.6 Å². The maximum atomic E-state index is 13.4. The predicted molar refractivity (Wildman–Crippen MR) is 65.2 cm³/mol. The second-order valence-electron chi connectivity index (χ2n) is 4.47. The van der Waals surface area contributed by atoms with Crippen LogP contribution in [-0.2, 0) is 4.79 Å². The zero-order valence-corrected chi connectivity index (χ0v) is 10.0. The van der Waals surface area contributed by atoms with Crippen LogP contribution in [0.25, 0.3) is 0 Å². The van der Waals surface area contributed by atoms with E-state index in [1.807, 2.05) is 0 Å². The molecule has 1 amide bonds. The van der Waals surface area contributed by atoms with Gasteiger partial charge in [0.05, 0.1) is 11.7 Å². The molecule has 5 heteroatoms. The summed E-state index contributed by atoms with van der Waals surface area (Å²) in [6, 6.07) is 2.83. The zero-order valence-electron chi connectivity index (χ0n) is 10.0. The fourth-order valence-electron chi connectivity index (χ4n) is 2.06. The molecular formula is C13H16F2N2O. The first kappa shape index (κ1) is 13.0. The number of hydrogen-bond acceptors (Lipinski definition) is 2. The van der Waals surface area contributed by atoms with Crippen molar-refractivity contribution in [3.63, 3.8) is 0 Å². The van der Waals surface area contributed by atoms with Gasteiger partial charge in [-0.25, -0.2) is 8.78 Å². The summed E-state index contributed by atoms with van der Waals surface area (Å²) in [7, 11) is 0. The molecule has 18 heavy (non-hydrogen) atoms. The van der Waals surface area contributed by atoms with Gasteiger partial charge in [0, 0.05) is 6.07 Å². The van der Waals surface area contributed by atoms with Crippen LogP contribution in [0.3, 0.4) is 0 Å². The second-order valence-corrected chi connectivity index (χ2v) is 4.47. The first-order valence-electron chi connectivity index (χ1n) is 6.16. The van der Waals surface area contributed by atoms with Crippen molar-refractivity contribution < 1.29 is 13.6 Å². The van der Waals surface area contributed by atoms with Gasteiger partial charge < -0.3 is 10.6 Å². The van der Waals surface area contributed by atoms with E-state index < -0.39 is 11.6 Å². The Morgan fingerprint density at radius 2 is 2.11 bits per heavy atom. The molecule has 0 aliphatic carbocycles. The lowest BCUT2D eigenvalue weighted by atomic mass is 10.1. The number of carbonyl (C=O) groups is 1. The average Bonchev–Trinajstić information content (AvgIpc) is 2.61. The van der Waals surface area contributed by atoms with Crippen LogP contribution in [0.5, 0.6) is 0 Å². The lowest BCUT2D eigenvalue weighted by molar-refractivity contribution is -0.118. The molecule has 3 nitrogen and oxygen atoms in total. The number of anilines is 1. The number of hydrogen-bond donors (Lipinski definition) is 2. The number of carbonyl (C=O) groups excluding carboxylic acids is 1. The highest BCUT2D eigenvalue weighted by Crippen LogP contribution is 2.16. The molecule has 98 valence electrons. The van der Waals surface area contributed by atoms with Gasteiger partial charge in [-0.05, 0) is 31.5 Å². The molecule has 1 saturated heterocycles. The molecule has 0 radical (unpaired) electrons. The van der Waals surface area contributed by atoms with Gasteiger partial charge in [-0.1, -0.05) is 12.8 Å². The molecule has 1 fully saturated rings. The topological polar surface area (TPSA) is 41.1 Å². The third-order valence-corrected chi connectivity index (χ3v) is 3.07. The van der Waals surface area contributed by atoms with Gasteiger partial charge in [0.15, 0.2) is 0 Å². The number of rotatable bonds is 2. The van der Waals surface area contributed by atoms with Crippen LogP contribution in [0.1, 0.15) is 25.7 Å². The summed E-state index contributed by atoms with van der Waals surface area (Å²) in [4.78, 5) is 11.9. The van der Waals surface area contributed by atoms with E-state index in [9.17, 15) is 13.6 Å². The summed E-state index contributed by atoms with van der Waals surface area (Å²) in [5.41, 5.74) is 0.0208. The first-order chi connectivity index (χ1) is 8.66. The molecular weight excluding hydrogens is 238 g/mol. The maximum absolute atomic E-state index is 13.4. The molecule has 1 heterocycles. The number of halogens is 2. The van der Waals surface area contributed by atoms with Gasteiger partial charge in [-0.3, -0.25) is 4.79 Å². The fraction of sp³-hybridized carbons (Fsp3) is 0.462. The number of benzene rings is 1. The van der Waals surface area contributed by atoms with Crippen LogP contribution in [0, 0.1) is 11.6 Å². The number of nitrogens with one attached hydrogen (secondary N) is 2. The van der Waals surface area contributed by atoms with E-state index >= 15 is 0 Å². The highest BCUT2D eigenvalue weighted by atomic mass is 19.1. The molecule has 0 bridgehead atoms.